The molecular formula is C14H17NO2. The maximum Gasteiger partial charge on any atom is 0.304 e. The summed E-state index contributed by atoms with van der Waals surface area (Å²) < 4.78 is 2.20. The molecule has 0 bridgehead atoms. The van der Waals surface area contributed by atoms with E-state index in [4.69, 9.17) is 5.11 Å². The summed E-state index contributed by atoms with van der Waals surface area (Å²) in [5, 5.41) is 10.1. The highest BCUT2D eigenvalue weighted by molar-refractivity contribution is 5.81. The van der Waals surface area contributed by atoms with Crippen LogP contribution in [-0.4, -0.2) is 15.6 Å². The molecule has 0 radical (unpaired) electrons. The normalized spacial score (nSPS) is 12.8. The number of hydrogen-bond acceptors (Lipinski definition) is 1. The Hall–Kier alpha value is -1.77. The zero-order valence-corrected chi connectivity index (χ0v) is 10.2. The van der Waals surface area contributed by atoms with Crippen molar-refractivity contribution in [3.05, 3.63) is 36.0 Å². The van der Waals surface area contributed by atoms with E-state index >= 15 is 0 Å². The third-order valence-corrected chi connectivity index (χ3v) is 3.14. The molecule has 0 saturated carbocycles. The standard InChI is InChI=1S/C14H17NO2/c1-3-15-12-7-5-4-6-11(12)9-13(15)10(2)8-14(16)17/h4-7,9-10H,3,8H2,1-2H3,(H,16,17). The summed E-state index contributed by atoms with van der Waals surface area (Å²) >= 11 is 0. The third kappa shape index (κ3) is 2.18. The van der Waals surface area contributed by atoms with E-state index in [0.29, 0.717) is 0 Å². The van der Waals surface area contributed by atoms with Gasteiger partial charge in [0.05, 0.1) is 6.42 Å². The van der Waals surface area contributed by atoms with Crippen LogP contribution in [0.15, 0.2) is 30.3 Å². The fourth-order valence-corrected chi connectivity index (χ4v) is 2.36. The van der Waals surface area contributed by atoms with E-state index in [9.17, 15) is 4.79 Å². The highest BCUT2D eigenvalue weighted by Gasteiger charge is 2.16. The Bertz CT molecular complexity index is 542. The van der Waals surface area contributed by atoms with Gasteiger partial charge in [0.15, 0.2) is 0 Å². The van der Waals surface area contributed by atoms with Crippen LogP contribution in [-0.2, 0) is 11.3 Å². The van der Waals surface area contributed by atoms with E-state index in [1.165, 1.54) is 10.9 Å². The second-order valence-corrected chi connectivity index (χ2v) is 4.37. The van der Waals surface area contributed by atoms with Gasteiger partial charge in [0, 0.05) is 23.7 Å². The van der Waals surface area contributed by atoms with Gasteiger partial charge in [0.1, 0.15) is 0 Å². The van der Waals surface area contributed by atoms with Crippen LogP contribution in [0.25, 0.3) is 10.9 Å². The molecule has 90 valence electrons. The number of nitrogens with zero attached hydrogens (tertiary/aromatic N) is 1. The predicted octanol–water partition coefficient (Wildman–Crippen LogP) is 3.24. The summed E-state index contributed by atoms with van der Waals surface area (Å²) in [5.41, 5.74) is 2.29. The second-order valence-electron chi connectivity index (χ2n) is 4.37. The first kappa shape index (κ1) is 11.7. The van der Waals surface area contributed by atoms with Gasteiger partial charge in [-0.15, -0.1) is 0 Å². The van der Waals surface area contributed by atoms with Gasteiger partial charge in [-0.25, -0.2) is 0 Å². The first-order valence-electron chi connectivity index (χ1n) is 5.93. The highest BCUT2D eigenvalue weighted by Crippen LogP contribution is 2.27. The first-order chi connectivity index (χ1) is 8.13. The lowest BCUT2D eigenvalue weighted by molar-refractivity contribution is -0.137. The number of carbonyl (C=O) groups is 1. The summed E-state index contributed by atoms with van der Waals surface area (Å²) in [4.78, 5) is 10.8. The van der Waals surface area contributed by atoms with Crippen LogP contribution in [0.2, 0.25) is 0 Å². The van der Waals surface area contributed by atoms with Gasteiger partial charge >= 0.3 is 5.97 Å². The smallest absolute Gasteiger partial charge is 0.304 e. The minimum Gasteiger partial charge on any atom is -0.481 e. The van der Waals surface area contributed by atoms with Crippen molar-refractivity contribution in [2.24, 2.45) is 0 Å². The Morgan fingerprint density at radius 3 is 2.76 bits per heavy atom. The molecule has 0 fully saturated rings. The van der Waals surface area contributed by atoms with Crippen LogP contribution >= 0.6 is 0 Å². The number of para-hydroxylation sites is 1. The SMILES string of the molecule is CCn1c(C(C)CC(=O)O)cc2ccccc21. The number of aryl methyl sites for hydroxylation is 1. The zero-order chi connectivity index (χ0) is 12.4. The number of carboxylic acids is 1. The molecule has 0 aliphatic carbocycles. The number of fused-ring (bicyclic) bond motifs is 1. The number of aromatic nitrogens is 1. The Morgan fingerprint density at radius 1 is 1.41 bits per heavy atom. The molecule has 1 atom stereocenters. The summed E-state index contributed by atoms with van der Waals surface area (Å²) in [7, 11) is 0. The van der Waals surface area contributed by atoms with E-state index < -0.39 is 5.97 Å². The molecule has 0 aliphatic heterocycles. The Balaban J connectivity index is 2.49. The van der Waals surface area contributed by atoms with Crippen molar-refractivity contribution in [1.82, 2.24) is 4.57 Å². The van der Waals surface area contributed by atoms with E-state index in [0.717, 1.165) is 12.2 Å². The summed E-state index contributed by atoms with van der Waals surface area (Å²) in [6.07, 6.45) is 0.177. The number of carboxylic acid groups (broad SMARTS) is 1. The molecule has 17 heavy (non-hydrogen) atoms. The predicted molar refractivity (Wildman–Crippen MR) is 68.3 cm³/mol. The van der Waals surface area contributed by atoms with Gasteiger partial charge in [-0.2, -0.15) is 0 Å². The quantitative estimate of drug-likeness (QED) is 0.877. The minimum atomic E-state index is -0.745. The molecule has 0 aliphatic rings. The molecule has 1 N–H and O–H groups in total. The maximum atomic E-state index is 10.8. The highest BCUT2D eigenvalue weighted by atomic mass is 16.4. The van der Waals surface area contributed by atoms with Gasteiger partial charge in [-0.3, -0.25) is 4.79 Å². The maximum absolute atomic E-state index is 10.8. The summed E-state index contributed by atoms with van der Waals surface area (Å²) in [5.74, 6) is -0.703. The lowest BCUT2D eigenvalue weighted by Gasteiger charge is -2.13. The summed E-state index contributed by atoms with van der Waals surface area (Å²) in [6, 6.07) is 10.3. The lowest BCUT2D eigenvalue weighted by atomic mass is 10.0. The van der Waals surface area contributed by atoms with Crippen molar-refractivity contribution in [2.75, 3.05) is 0 Å². The molecule has 0 amide bonds. The molecule has 1 aromatic heterocycles. The van der Waals surface area contributed by atoms with Gasteiger partial charge in [0.2, 0.25) is 0 Å². The van der Waals surface area contributed by atoms with Crippen LogP contribution in [0.1, 0.15) is 31.9 Å². The number of hydrogen-bond donors (Lipinski definition) is 1. The second kappa shape index (κ2) is 4.62. The van der Waals surface area contributed by atoms with Gasteiger partial charge in [0.25, 0.3) is 0 Å². The van der Waals surface area contributed by atoms with Crippen molar-refractivity contribution in [3.8, 4) is 0 Å². The van der Waals surface area contributed by atoms with Crippen molar-refractivity contribution in [2.45, 2.75) is 32.7 Å². The van der Waals surface area contributed by atoms with E-state index in [-0.39, 0.29) is 12.3 Å². The van der Waals surface area contributed by atoms with Gasteiger partial charge in [-0.1, -0.05) is 25.1 Å². The van der Waals surface area contributed by atoms with E-state index in [2.05, 4.69) is 29.7 Å². The first-order valence-corrected chi connectivity index (χ1v) is 5.93. The number of rotatable bonds is 4. The molecule has 1 heterocycles. The average Bonchev–Trinajstić information content (AvgIpc) is 2.66. The van der Waals surface area contributed by atoms with Crippen molar-refractivity contribution < 1.29 is 9.90 Å². The molecule has 2 aromatic rings. The van der Waals surface area contributed by atoms with Gasteiger partial charge in [-0.05, 0) is 24.4 Å². The Kier molecular flexibility index (Phi) is 3.18. The lowest BCUT2D eigenvalue weighted by Crippen LogP contribution is -2.08. The van der Waals surface area contributed by atoms with Crippen molar-refractivity contribution >= 4 is 16.9 Å². The molecule has 3 nitrogen and oxygen atoms in total. The van der Waals surface area contributed by atoms with Crippen molar-refractivity contribution in [1.29, 1.82) is 0 Å². The van der Waals surface area contributed by atoms with Crippen LogP contribution in [0, 0.1) is 0 Å². The fourth-order valence-electron chi connectivity index (χ4n) is 2.36. The molecule has 3 heteroatoms. The minimum absolute atomic E-state index is 0.0415. The van der Waals surface area contributed by atoms with Gasteiger partial charge < -0.3 is 9.67 Å². The number of benzene rings is 1. The van der Waals surface area contributed by atoms with Crippen molar-refractivity contribution in [3.63, 3.8) is 0 Å². The third-order valence-electron chi connectivity index (χ3n) is 3.14. The largest absolute Gasteiger partial charge is 0.481 e. The Morgan fingerprint density at radius 2 is 2.12 bits per heavy atom. The zero-order valence-electron chi connectivity index (χ0n) is 10.2. The molecule has 0 spiro atoms. The molecular weight excluding hydrogens is 214 g/mol. The summed E-state index contributed by atoms with van der Waals surface area (Å²) in [6.45, 7) is 4.92. The average molecular weight is 231 g/mol. The van der Waals surface area contributed by atoms with Crippen LogP contribution in [0.3, 0.4) is 0 Å². The number of aliphatic carboxylic acids is 1. The topological polar surface area (TPSA) is 42.2 Å². The molecule has 1 aromatic carbocycles. The van der Waals surface area contributed by atoms with Crippen LogP contribution in [0.4, 0.5) is 0 Å². The fraction of sp³-hybridized carbons (Fsp3) is 0.357. The molecule has 2 rings (SSSR count). The van der Waals surface area contributed by atoms with E-state index in [1.807, 2.05) is 19.1 Å². The molecule has 0 saturated heterocycles. The van der Waals surface area contributed by atoms with Crippen LogP contribution in [0.5, 0.6) is 0 Å². The Labute approximate surface area is 101 Å². The van der Waals surface area contributed by atoms with Crippen LogP contribution < -0.4 is 0 Å². The molecule has 1 unspecified atom stereocenters. The van der Waals surface area contributed by atoms with E-state index in [1.54, 1.807) is 0 Å². The monoisotopic (exact) mass is 231 g/mol.